The Kier molecular flexibility index (Phi) is 5.89. The predicted molar refractivity (Wildman–Crippen MR) is 112 cm³/mol. The normalized spacial score (nSPS) is 16.4. The SMILES string of the molecule is COc1cccc(NC(=O)C2=C(C)NC(=S)NC2c2ccc(Cl)cc2Cl)c1. The van der Waals surface area contributed by atoms with Crippen LogP contribution in [0.5, 0.6) is 5.75 Å². The number of carbonyl (C=O) groups excluding carboxylic acids is 1. The van der Waals surface area contributed by atoms with Crippen LogP contribution in [0.15, 0.2) is 53.7 Å². The molecular weight excluding hydrogens is 405 g/mol. The van der Waals surface area contributed by atoms with Gasteiger partial charge in [0, 0.05) is 27.5 Å². The smallest absolute Gasteiger partial charge is 0.255 e. The molecule has 0 saturated carbocycles. The van der Waals surface area contributed by atoms with Crippen molar-refractivity contribution < 1.29 is 9.53 Å². The molecule has 0 radical (unpaired) electrons. The van der Waals surface area contributed by atoms with E-state index in [-0.39, 0.29) is 5.91 Å². The number of carbonyl (C=O) groups is 1. The van der Waals surface area contributed by atoms with E-state index in [9.17, 15) is 4.79 Å². The molecule has 1 aliphatic rings. The van der Waals surface area contributed by atoms with Crippen LogP contribution >= 0.6 is 35.4 Å². The van der Waals surface area contributed by atoms with Gasteiger partial charge in [-0.2, -0.15) is 0 Å². The van der Waals surface area contributed by atoms with E-state index in [0.717, 1.165) is 0 Å². The van der Waals surface area contributed by atoms with Gasteiger partial charge in [-0.3, -0.25) is 4.79 Å². The average Bonchev–Trinajstić information content (AvgIpc) is 2.61. The first-order valence-corrected chi connectivity index (χ1v) is 9.24. The lowest BCUT2D eigenvalue weighted by Gasteiger charge is -2.31. The number of nitrogens with one attached hydrogen (secondary N) is 3. The maximum atomic E-state index is 13.0. The van der Waals surface area contributed by atoms with Gasteiger partial charge in [-0.25, -0.2) is 0 Å². The number of allylic oxidation sites excluding steroid dienone is 1. The number of ether oxygens (including phenoxy) is 1. The van der Waals surface area contributed by atoms with Crippen molar-refractivity contribution in [2.45, 2.75) is 13.0 Å². The van der Waals surface area contributed by atoms with Crippen LogP contribution in [0.2, 0.25) is 10.0 Å². The van der Waals surface area contributed by atoms with Gasteiger partial charge in [0.15, 0.2) is 5.11 Å². The van der Waals surface area contributed by atoms with Gasteiger partial charge in [0.25, 0.3) is 5.91 Å². The predicted octanol–water partition coefficient (Wildman–Crippen LogP) is 4.43. The number of halogens is 2. The van der Waals surface area contributed by atoms with Crippen LogP contribution in [0.3, 0.4) is 0 Å². The molecule has 3 N–H and O–H groups in total. The second-order valence-electron chi connectivity index (χ2n) is 5.92. The molecule has 1 unspecified atom stereocenters. The third-order valence-corrected chi connectivity index (χ3v) is 4.90. The zero-order valence-electron chi connectivity index (χ0n) is 14.6. The van der Waals surface area contributed by atoms with Crippen LogP contribution < -0.4 is 20.7 Å². The number of anilines is 1. The molecule has 0 aliphatic carbocycles. The van der Waals surface area contributed by atoms with E-state index in [0.29, 0.717) is 43.4 Å². The van der Waals surface area contributed by atoms with Crippen LogP contribution in [0, 0.1) is 0 Å². The number of amides is 1. The summed E-state index contributed by atoms with van der Waals surface area (Å²) in [5.41, 5.74) is 2.46. The summed E-state index contributed by atoms with van der Waals surface area (Å²) in [6, 6.07) is 11.8. The minimum absolute atomic E-state index is 0.278. The Hall–Kier alpha value is -2.28. The van der Waals surface area contributed by atoms with E-state index in [4.69, 9.17) is 40.2 Å². The van der Waals surface area contributed by atoms with E-state index in [1.807, 2.05) is 0 Å². The molecule has 0 aromatic heterocycles. The quantitative estimate of drug-likeness (QED) is 0.637. The third-order valence-electron chi connectivity index (χ3n) is 4.11. The van der Waals surface area contributed by atoms with Crippen molar-refractivity contribution in [2.75, 3.05) is 12.4 Å². The molecule has 0 saturated heterocycles. The molecule has 2 aromatic carbocycles. The molecular formula is C19H17Cl2N3O2S. The number of thiocarbonyl (C=S) groups is 1. The summed E-state index contributed by atoms with van der Waals surface area (Å²) in [4.78, 5) is 13.0. The largest absolute Gasteiger partial charge is 0.497 e. The van der Waals surface area contributed by atoms with Crippen molar-refractivity contribution in [1.82, 2.24) is 10.6 Å². The van der Waals surface area contributed by atoms with Crippen LogP contribution in [-0.2, 0) is 4.79 Å². The van der Waals surface area contributed by atoms with Crippen molar-refractivity contribution in [1.29, 1.82) is 0 Å². The molecule has 0 spiro atoms. The fourth-order valence-corrected chi connectivity index (χ4v) is 3.65. The van der Waals surface area contributed by atoms with Crippen molar-refractivity contribution in [2.24, 2.45) is 0 Å². The average molecular weight is 422 g/mol. The highest BCUT2D eigenvalue weighted by Crippen LogP contribution is 2.33. The molecule has 3 rings (SSSR count). The van der Waals surface area contributed by atoms with Crippen molar-refractivity contribution in [3.8, 4) is 5.75 Å². The maximum Gasteiger partial charge on any atom is 0.255 e. The Morgan fingerprint density at radius 3 is 2.70 bits per heavy atom. The fraction of sp³-hybridized carbons (Fsp3) is 0.158. The van der Waals surface area contributed by atoms with Gasteiger partial charge in [0.1, 0.15) is 5.75 Å². The molecule has 0 bridgehead atoms. The molecule has 1 aliphatic heterocycles. The number of hydrogen-bond acceptors (Lipinski definition) is 3. The minimum atomic E-state index is -0.505. The molecule has 1 atom stereocenters. The van der Waals surface area contributed by atoms with E-state index in [1.165, 1.54) is 0 Å². The molecule has 5 nitrogen and oxygen atoms in total. The molecule has 2 aromatic rings. The molecule has 1 amide bonds. The summed E-state index contributed by atoms with van der Waals surface area (Å²) in [5.74, 6) is 0.371. The maximum absolute atomic E-state index is 13.0. The summed E-state index contributed by atoms with van der Waals surface area (Å²) >= 11 is 17.6. The molecule has 8 heteroatoms. The lowest BCUT2D eigenvalue weighted by Crippen LogP contribution is -2.45. The Balaban J connectivity index is 1.97. The second-order valence-corrected chi connectivity index (χ2v) is 7.17. The first kappa shape index (κ1) is 19.5. The van der Waals surface area contributed by atoms with Crippen LogP contribution in [0.1, 0.15) is 18.5 Å². The zero-order valence-corrected chi connectivity index (χ0v) is 16.9. The summed E-state index contributed by atoms with van der Waals surface area (Å²) in [6.45, 7) is 1.80. The fourth-order valence-electron chi connectivity index (χ4n) is 2.86. The van der Waals surface area contributed by atoms with Gasteiger partial charge >= 0.3 is 0 Å². The minimum Gasteiger partial charge on any atom is -0.497 e. The van der Waals surface area contributed by atoms with E-state index < -0.39 is 6.04 Å². The molecule has 0 fully saturated rings. The highest BCUT2D eigenvalue weighted by atomic mass is 35.5. The van der Waals surface area contributed by atoms with Crippen LogP contribution in [0.25, 0.3) is 0 Å². The lowest BCUT2D eigenvalue weighted by molar-refractivity contribution is -0.113. The van der Waals surface area contributed by atoms with Crippen LogP contribution in [0.4, 0.5) is 5.69 Å². The van der Waals surface area contributed by atoms with Crippen molar-refractivity contribution in [3.63, 3.8) is 0 Å². The lowest BCUT2D eigenvalue weighted by atomic mass is 9.95. The van der Waals surface area contributed by atoms with Crippen molar-refractivity contribution >= 4 is 52.1 Å². The molecule has 1 heterocycles. The summed E-state index contributed by atoms with van der Waals surface area (Å²) in [5, 5.41) is 10.4. The van der Waals surface area contributed by atoms with Gasteiger partial charge < -0.3 is 20.7 Å². The molecule has 140 valence electrons. The van der Waals surface area contributed by atoms with E-state index >= 15 is 0 Å². The van der Waals surface area contributed by atoms with Gasteiger partial charge in [-0.05, 0) is 49.0 Å². The number of benzene rings is 2. The second kappa shape index (κ2) is 8.17. The third kappa shape index (κ3) is 4.35. The number of methoxy groups -OCH3 is 1. The summed E-state index contributed by atoms with van der Waals surface area (Å²) in [6.07, 6.45) is 0. The standard InChI is InChI=1S/C19H17Cl2N3O2S/c1-10-16(18(25)23-12-4-3-5-13(9-12)26-2)17(24-19(27)22-10)14-7-6-11(20)8-15(14)21/h3-9,17H,1-2H3,(H,23,25)(H2,22,24,27). The van der Waals surface area contributed by atoms with Crippen LogP contribution in [-0.4, -0.2) is 18.1 Å². The first-order valence-electron chi connectivity index (χ1n) is 8.07. The Labute approximate surface area is 172 Å². The van der Waals surface area contributed by atoms with E-state index in [1.54, 1.807) is 56.5 Å². The Morgan fingerprint density at radius 1 is 1.22 bits per heavy atom. The van der Waals surface area contributed by atoms with Crippen molar-refractivity contribution in [3.05, 3.63) is 69.3 Å². The highest BCUT2D eigenvalue weighted by molar-refractivity contribution is 7.80. The van der Waals surface area contributed by atoms with Gasteiger partial charge in [-0.15, -0.1) is 0 Å². The first-order chi connectivity index (χ1) is 12.9. The summed E-state index contributed by atoms with van der Waals surface area (Å²) < 4.78 is 5.20. The van der Waals surface area contributed by atoms with Gasteiger partial charge in [0.2, 0.25) is 0 Å². The Morgan fingerprint density at radius 2 is 2.00 bits per heavy atom. The monoisotopic (exact) mass is 421 g/mol. The number of hydrogen-bond donors (Lipinski definition) is 3. The van der Waals surface area contributed by atoms with Gasteiger partial charge in [0.05, 0.1) is 18.7 Å². The number of rotatable bonds is 4. The van der Waals surface area contributed by atoms with E-state index in [2.05, 4.69) is 16.0 Å². The summed E-state index contributed by atoms with van der Waals surface area (Å²) in [7, 11) is 1.57. The van der Waals surface area contributed by atoms with Gasteiger partial charge in [-0.1, -0.05) is 35.3 Å². The highest BCUT2D eigenvalue weighted by Gasteiger charge is 2.31. The Bertz CT molecular complexity index is 946. The molecule has 27 heavy (non-hydrogen) atoms. The zero-order chi connectivity index (χ0) is 19.6. The topological polar surface area (TPSA) is 62.4 Å².